The zero-order chi connectivity index (χ0) is 17.7. The predicted octanol–water partition coefficient (Wildman–Crippen LogP) is 3.48. The Hall–Kier alpha value is -0.290. The lowest BCUT2D eigenvalue weighted by molar-refractivity contribution is -0.173. The van der Waals surface area contributed by atoms with Crippen LogP contribution < -0.4 is 10.6 Å². The molecule has 1 aliphatic rings. The quantitative estimate of drug-likeness (QED) is 0.174. The first-order chi connectivity index (χ1) is 11.5. The molecule has 0 aromatic rings. The summed E-state index contributed by atoms with van der Waals surface area (Å²) in [6.45, 7) is 0.647. The maximum absolute atomic E-state index is 11.9. The number of guanidine groups is 1. The van der Waals surface area contributed by atoms with E-state index in [0.29, 0.717) is 38.2 Å². The second-order valence-electron chi connectivity index (χ2n) is 5.93. The lowest BCUT2D eigenvalue weighted by atomic mass is 10.1. The van der Waals surface area contributed by atoms with E-state index in [0.717, 1.165) is 12.8 Å². The van der Waals surface area contributed by atoms with Crippen molar-refractivity contribution in [2.75, 3.05) is 40.0 Å². The number of alkyl halides is 3. The van der Waals surface area contributed by atoms with Gasteiger partial charge >= 0.3 is 6.18 Å². The van der Waals surface area contributed by atoms with Crippen molar-refractivity contribution in [3.8, 4) is 0 Å². The minimum Gasteiger partial charge on any atom is -0.376 e. The monoisotopic (exact) mass is 481 g/mol. The van der Waals surface area contributed by atoms with Gasteiger partial charge in [-0.05, 0) is 19.3 Å². The number of halogens is 4. The highest BCUT2D eigenvalue weighted by Gasteiger charge is 2.27. The molecule has 0 aliphatic heterocycles. The summed E-state index contributed by atoms with van der Waals surface area (Å²) in [5.41, 5.74) is 0. The molecule has 0 unspecified atom stereocenters. The maximum Gasteiger partial charge on any atom is 0.411 e. The molecule has 0 bridgehead atoms. The third-order valence-corrected chi connectivity index (χ3v) is 3.80. The minimum atomic E-state index is -4.26. The molecule has 25 heavy (non-hydrogen) atoms. The van der Waals surface area contributed by atoms with Crippen molar-refractivity contribution < 1.29 is 22.6 Å². The fourth-order valence-corrected chi connectivity index (χ4v) is 2.59. The van der Waals surface area contributed by atoms with E-state index >= 15 is 0 Å². The first kappa shape index (κ1) is 24.7. The summed E-state index contributed by atoms with van der Waals surface area (Å²) in [7, 11) is 1.65. The summed E-state index contributed by atoms with van der Waals surface area (Å²) >= 11 is 0. The van der Waals surface area contributed by atoms with Crippen LogP contribution in [0.25, 0.3) is 0 Å². The highest BCUT2D eigenvalue weighted by Crippen LogP contribution is 2.19. The van der Waals surface area contributed by atoms with E-state index in [-0.39, 0.29) is 30.6 Å². The number of hydrogen-bond acceptors (Lipinski definition) is 3. The molecular weight excluding hydrogens is 450 g/mol. The molecule has 1 aliphatic carbocycles. The van der Waals surface area contributed by atoms with Crippen molar-refractivity contribution in [2.45, 2.75) is 57.2 Å². The Bertz CT molecular complexity index is 350. The van der Waals surface area contributed by atoms with Crippen LogP contribution in [0.15, 0.2) is 4.99 Å². The first-order valence-corrected chi connectivity index (χ1v) is 8.72. The number of nitrogens with one attached hydrogen (secondary N) is 2. The molecule has 1 rings (SSSR count). The van der Waals surface area contributed by atoms with Gasteiger partial charge < -0.3 is 20.1 Å². The summed E-state index contributed by atoms with van der Waals surface area (Å²) in [4.78, 5) is 4.06. The van der Waals surface area contributed by atoms with Crippen molar-refractivity contribution in [1.82, 2.24) is 10.6 Å². The van der Waals surface area contributed by atoms with Crippen LogP contribution in [0.4, 0.5) is 13.2 Å². The molecule has 0 saturated heterocycles. The molecule has 0 radical (unpaired) electrons. The summed E-state index contributed by atoms with van der Waals surface area (Å²) in [5.74, 6) is 0.621. The van der Waals surface area contributed by atoms with E-state index in [9.17, 15) is 13.2 Å². The zero-order valence-electron chi connectivity index (χ0n) is 14.9. The van der Waals surface area contributed by atoms with Crippen LogP contribution in [-0.4, -0.2) is 58.2 Å². The number of aliphatic imine (C=N–C) groups is 1. The SMILES string of the molecule is CN=C(NCCCOCC(F)(F)F)NCCOC1CCCCCC1.I. The molecule has 0 aromatic carbocycles. The van der Waals surface area contributed by atoms with E-state index in [1.54, 1.807) is 7.05 Å². The third-order valence-electron chi connectivity index (χ3n) is 3.80. The summed E-state index contributed by atoms with van der Waals surface area (Å²) in [5, 5.41) is 6.17. The Morgan fingerprint density at radius 3 is 2.28 bits per heavy atom. The molecule has 0 atom stereocenters. The number of ether oxygens (including phenoxy) is 2. The highest BCUT2D eigenvalue weighted by atomic mass is 127. The topological polar surface area (TPSA) is 54.9 Å². The number of nitrogens with zero attached hydrogens (tertiary/aromatic N) is 1. The van der Waals surface area contributed by atoms with Gasteiger partial charge in [0.05, 0.1) is 12.7 Å². The van der Waals surface area contributed by atoms with Crippen molar-refractivity contribution in [3.05, 3.63) is 0 Å². The fraction of sp³-hybridized carbons (Fsp3) is 0.938. The van der Waals surface area contributed by atoms with E-state index in [1.807, 2.05) is 0 Å². The Morgan fingerprint density at radius 2 is 1.68 bits per heavy atom. The van der Waals surface area contributed by atoms with E-state index in [1.165, 1.54) is 25.7 Å². The fourth-order valence-electron chi connectivity index (χ4n) is 2.59. The van der Waals surface area contributed by atoms with Gasteiger partial charge in [0, 0.05) is 26.7 Å². The molecule has 2 N–H and O–H groups in total. The second kappa shape index (κ2) is 14.8. The molecule has 1 saturated carbocycles. The van der Waals surface area contributed by atoms with E-state index in [4.69, 9.17) is 4.74 Å². The Labute approximate surface area is 165 Å². The molecule has 0 aromatic heterocycles. The smallest absolute Gasteiger partial charge is 0.376 e. The van der Waals surface area contributed by atoms with Gasteiger partial charge in [0.2, 0.25) is 0 Å². The molecule has 5 nitrogen and oxygen atoms in total. The van der Waals surface area contributed by atoms with Gasteiger partial charge in [-0.25, -0.2) is 0 Å². The van der Waals surface area contributed by atoms with Crippen molar-refractivity contribution in [3.63, 3.8) is 0 Å². The van der Waals surface area contributed by atoms with Crippen LogP contribution in [-0.2, 0) is 9.47 Å². The molecule has 1 fully saturated rings. The van der Waals surface area contributed by atoms with Gasteiger partial charge in [-0.15, -0.1) is 24.0 Å². The van der Waals surface area contributed by atoms with Crippen molar-refractivity contribution in [2.24, 2.45) is 4.99 Å². The lowest BCUT2D eigenvalue weighted by Crippen LogP contribution is -2.40. The number of hydrogen-bond donors (Lipinski definition) is 2. The number of rotatable bonds is 9. The Kier molecular flexibility index (Phi) is 14.7. The Morgan fingerprint density at radius 1 is 1.04 bits per heavy atom. The average molecular weight is 481 g/mol. The van der Waals surface area contributed by atoms with Gasteiger partial charge in [0.25, 0.3) is 0 Å². The van der Waals surface area contributed by atoms with Crippen molar-refractivity contribution >= 4 is 29.9 Å². The van der Waals surface area contributed by atoms with Crippen molar-refractivity contribution in [1.29, 1.82) is 0 Å². The lowest BCUT2D eigenvalue weighted by Gasteiger charge is -2.16. The molecule has 0 amide bonds. The molecule has 0 heterocycles. The van der Waals surface area contributed by atoms with Gasteiger partial charge in [-0.2, -0.15) is 13.2 Å². The maximum atomic E-state index is 11.9. The summed E-state index contributed by atoms with van der Waals surface area (Å²) in [6, 6.07) is 0. The average Bonchev–Trinajstić information content (AvgIpc) is 2.80. The van der Waals surface area contributed by atoms with E-state index < -0.39 is 12.8 Å². The van der Waals surface area contributed by atoms with E-state index in [2.05, 4.69) is 20.4 Å². The summed E-state index contributed by atoms with van der Waals surface area (Å²) < 4.78 is 46.1. The van der Waals surface area contributed by atoms with Crippen LogP contribution in [0.3, 0.4) is 0 Å². The van der Waals surface area contributed by atoms with Gasteiger partial charge in [-0.3, -0.25) is 4.99 Å². The minimum absolute atomic E-state index is 0. The van der Waals surface area contributed by atoms with Gasteiger partial charge in [-0.1, -0.05) is 25.7 Å². The Balaban J connectivity index is 0.00000576. The standard InChI is InChI=1S/C16H30F3N3O2.HI/c1-20-15(21-9-6-11-23-13-16(17,18)19)22-10-12-24-14-7-4-2-3-5-8-14;/h14H,2-13H2,1H3,(H2,20,21,22);1H. The van der Waals surface area contributed by atoms with Crippen LogP contribution in [0.1, 0.15) is 44.9 Å². The van der Waals surface area contributed by atoms with Crippen LogP contribution in [0, 0.1) is 0 Å². The third kappa shape index (κ3) is 14.6. The highest BCUT2D eigenvalue weighted by molar-refractivity contribution is 14.0. The van der Waals surface area contributed by atoms with Crippen LogP contribution in [0.2, 0.25) is 0 Å². The molecule has 0 spiro atoms. The first-order valence-electron chi connectivity index (χ1n) is 8.72. The predicted molar refractivity (Wildman–Crippen MR) is 104 cm³/mol. The van der Waals surface area contributed by atoms with Crippen LogP contribution in [0.5, 0.6) is 0 Å². The summed E-state index contributed by atoms with van der Waals surface area (Å²) in [6.07, 6.45) is 3.99. The van der Waals surface area contributed by atoms with Gasteiger partial charge in [0.15, 0.2) is 5.96 Å². The molecular formula is C16H31F3IN3O2. The molecule has 9 heteroatoms. The molecule has 150 valence electrons. The second-order valence-corrected chi connectivity index (χ2v) is 5.93. The normalized spacial score (nSPS) is 16.9. The zero-order valence-corrected chi connectivity index (χ0v) is 17.2. The van der Waals surface area contributed by atoms with Gasteiger partial charge in [0.1, 0.15) is 6.61 Å². The largest absolute Gasteiger partial charge is 0.411 e. The van der Waals surface area contributed by atoms with Crippen LogP contribution >= 0.6 is 24.0 Å².